The highest BCUT2D eigenvalue weighted by atomic mass is 32.2. The fourth-order valence-corrected chi connectivity index (χ4v) is 4.89. The summed E-state index contributed by atoms with van der Waals surface area (Å²) in [4.78, 5) is 53.3. The zero-order valence-electron chi connectivity index (χ0n) is 18.4. The van der Waals surface area contributed by atoms with E-state index in [9.17, 15) is 23.6 Å². The van der Waals surface area contributed by atoms with Crippen LogP contribution in [-0.2, 0) is 20.8 Å². The number of nitrogens with one attached hydrogen (secondary N) is 1. The van der Waals surface area contributed by atoms with Crippen LogP contribution < -0.4 is 5.32 Å². The van der Waals surface area contributed by atoms with Crippen LogP contribution in [0, 0.1) is 5.82 Å². The molecule has 2 aromatic carbocycles. The number of benzene rings is 2. The average Bonchev–Trinajstić information content (AvgIpc) is 3.42. The summed E-state index contributed by atoms with van der Waals surface area (Å²) in [5.41, 5.74) is 1.51. The third-order valence-corrected chi connectivity index (χ3v) is 6.66. The van der Waals surface area contributed by atoms with Gasteiger partial charge in [-0.15, -0.1) is 0 Å². The van der Waals surface area contributed by atoms with Gasteiger partial charge in [0.1, 0.15) is 11.9 Å². The molecule has 4 rings (SSSR count). The Balaban J connectivity index is 1.30. The Morgan fingerprint density at radius 1 is 1.09 bits per heavy atom. The summed E-state index contributed by atoms with van der Waals surface area (Å²) in [5.74, 6) is -1.22. The number of hydrogen-bond donors (Lipinski definition) is 1. The number of carbonyl (C=O) groups excluding carboxylic acids is 4. The number of amides is 4. The second-order valence-electron chi connectivity index (χ2n) is 8.08. The van der Waals surface area contributed by atoms with Crippen molar-refractivity contribution in [1.82, 2.24) is 15.1 Å². The van der Waals surface area contributed by atoms with Crippen molar-refractivity contribution in [3.63, 3.8) is 0 Å². The Labute approximate surface area is 201 Å². The highest BCUT2D eigenvalue weighted by Crippen LogP contribution is 2.32. The summed E-state index contributed by atoms with van der Waals surface area (Å²) >= 11 is 0.809. The molecule has 0 spiro atoms. The number of rotatable bonds is 7. The second-order valence-corrected chi connectivity index (χ2v) is 9.08. The zero-order chi connectivity index (χ0) is 24.1. The first-order valence-electron chi connectivity index (χ1n) is 11.0. The van der Waals surface area contributed by atoms with E-state index in [1.165, 1.54) is 30.3 Å². The van der Waals surface area contributed by atoms with Gasteiger partial charge in [0, 0.05) is 19.6 Å². The van der Waals surface area contributed by atoms with Gasteiger partial charge in [-0.05, 0) is 53.9 Å². The van der Waals surface area contributed by atoms with Crippen LogP contribution in [0.5, 0.6) is 0 Å². The molecule has 2 saturated heterocycles. The van der Waals surface area contributed by atoms with E-state index >= 15 is 0 Å². The Hall–Kier alpha value is -3.46. The molecule has 0 aromatic heterocycles. The summed E-state index contributed by atoms with van der Waals surface area (Å²) in [7, 11) is 0. The van der Waals surface area contributed by atoms with E-state index in [4.69, 9.17) is 0 Å². The molecule has 2 aliphatic rings. The highest BCUT2D eigenvalue weighted by molar-refractivity contribution is 8.18. The molecule has 2 aliphatic heterocycles. The summed E-state index contributed by atoms with van der Waals surface area (Å²) in [6.07, 6.45) is 3.10. The number of nitrogens with zero attached hydrogens (tertiary/aromatic N) is 2. The molecule has 4 amide bonds. The molecule has 34 heavy (non-hydrogen) atoms. The van der Waals surface area contributed by atoms with Crippen molar-refractivity contribution >= 4 is 40.8 Å². The third-order valence-electron chi connectivity index (χ3n) is 5.75. The van der Waals surface area contributed by atoms with Gasteiger partial charge in [0.05, 0.1) is 11.3 Å². The topological polar surface area (TPSA) is 86.8 Å². The predicted molar refractivity (Wildman–Crippen MR) is 127 cm³/mol. The maximum atomic E-state index is 13.1. The standard InChI is InChI=1S/C25H24FN3O4S/c26-19-10-8-18(9-11-19)15-21-24(32)29(25(33)34-21)14-12-27-23(31)20-7-4-13-28(20)22(30)16-17-5-2-1-3-6-17/h1-3,5-6,8-11,15,20H,4,7,12-14,16H2,(H,27,31)/b21-15-. The van der Waals surface area contributed by atoms with Crippen molar-refractivity contribution in [3.05, 3.63) is 76.4 Å². The molecule has 2 heterocycles. The molecule has 0 bridgehead atoms. The predicted octanol–water partition coefficient (Wildman–Crippen LogP) is 3.21. The van der Waals surface area contributed by atoms with Crippen molar-refractivity contribution in [1.29, 1.82) is 0 Å². The van der Waals surface area contributed by atoms with E-state index in [1.807, 2.05) is 30.3 Å². The average molecular weight is 482 g/mol. The third kappa shape index (κ3) is 5.53. The van der Waals surface area contributed by atoms with E-state index in [-0.39, 0.29) is 42.0 Å². The Morgan fingerprint density at radius 3 is 2.56 bits per heavy atom. The lowest BCUT2D eigenvalue weighted by molar-refractivity contribution is -0.138. The van der Waals surface area contributed by atoms with Crippen LogP contribution in [0.4, 0.5) is 9.18 Å². The highest BCUT2D eigenvalue weighted by Gasteiger charge is 2.36. The van der Waals surface area contributed by atoms with Gasteiger partial charge in [-0.2, -0.15) is 0 Å². The van der Waals surface area contributed by atoms with Gasteiger partial charge < -0.3 is 10.2 Å². The SMILES string of the molecule is O=C(NCCN1C(=O)S/C(=C\c2ccc(F)cc2)C1=O)C1CCCN1C(=O)Cc1ccccc1. The van der Waals surface area contributed by atoms with Gasteiger partial charge in [0.25, 0.3) is 11.1 Å². The largest absolute Gasteiger partial charge is 0.353 e. The molecule has 0 aliphatic carbocycles. The first kappa shape index (κ1) is 23.7. The van der Waals surface area contributed by atoms with E-state index in [1.54, 1.807) is 4.90 Å². The zero-order valence-corrected chi connectivity index (χ0v) is 19.2. The van der Waals surface area contributed by atoms with Gasteiger partial charge in [-0.1, -0.05) is 42.5 Å². The molecule has 7 nitrogen and oxygen atoms in total. The number of hydrogen-bond acceptors (Lipinski definition) is 5. The molecule has 1 unspecified atom stereocenters. The quantitative estimate of drug-likeness (QED) is 0.614. The summed E-state index contributed by atoms with van der Waals surface area (Å²) in [5, 5.41) is 2.34. The maximum absolute atomic E-state index is 13.1. The maximum Gasteiger partial charge on any atom is 0.293 e. The normalized spacial score (nSPS) is 19.2. The first-order valence-corrected chi connectivity index (χ1v) is 11.9. The van der Waals surface area contributed by atoms with Crippen LogP contribution in [0.25, 0.3) is 6.08 Å². The lowest BCUT2D eigenvalue weighted by Crippen LogP contribution is -2.48. The second kappa shape index (κ2) is 10.6. The van der Waals surface area contributed by atoms with E-state index < -0.39 is 17.2 Å². The molecular formula is C25H24FN3O4S. The summed E-state index contributed by atoms with van der Waals surface area (Å²) < 4.78 is 13.1. The Kier molecular flexibility index (Phi) is 7.42. The van der Waals surface area contributed by atoms with Gasteiger partial charge in [-0.25, -0.2) is 4.39 Å². The van der Waals surface area contributed by atoms with Crippen molar-refractivity contribution in [3.8, 4) is 0 Å². The van der Waals surface area contributed by atoms with Crippen LogP contribution in [0.2, 0.25) is 0 Å². The molecule has 2 fully saturated rings. The van der Waals surface area contributed by atoms with Gasteiger partial charge >= 0.3 is 0 Å². The Bertz CT molecular complexity index is 1120. The molecule has 0 radical (unpaired) electrons. The van der Waals surface area contributed by atoms with E-state index in [2.05, 4.69) is 5.32 Å². The van der Waals surface area contributed by atoms with Gasteiger partial charge in [0.2, 0.25) is 11.8 Å². The summed E-state index contributed by atoms with van der Waals surface area (Å²) in [6, 6.07) is 14.4. The number of thioether (sulfide) groups is 1. The molecule has 1 N–H and O–H groups in total. The van der Waals surface area contributed by atoms with Crippen LogP contribution in [0.15, 0.2) is 59.5 Å². The molecule has 2 aromatic rings. The molecular weight excluding hydrogens is 457 g/mol. The van der Waals surface area contributed by atoms with Gasteiger partial charge in [-0.3, -0.25) is 24.1 Å². The minimum atomic E-state index is -0.551. The van der Waals surface area contributed by atoms with Crippen LogP contribution in [0.3, 0.4) is 0 Å². The van der Waals surface area contributed by atoms with Crippen molar-refractivity contribution in [2.24, 2.45) is 0 Å². The summed E-state index contributed by atoms with van der Waals surface area (Å²) in [6.45, 7) is 0.654. The smallest absolute Gasteiger partial charge is 0.293 e. The number of halogens is 1. The lowest BCUT2D eigenvalue weighted by atomic mass is 10.1. The fourth-order valence-electron chi connectivity index (χ4n) is 4.02. The van der Waals surface area contributed by atoms with E-state index in [0.717, 1.165) is 28.6 Å². The number of carbonyl (C=O) groups is 4. The lowest BCUT2D eigenvalue weighted by Gasteiger charge is -2.24. The Morgan fingerprint density at radius 2 is 1.82 bits per heavy atom. The van der Waals surface area contributed by atoms with Crippen LogP contribution >= 0.6 is 11.8 Å². The van der Waals surface area contributed by atoms with Crippen molar-refractivity contribution in [2.45, 2.75) is 25.3 Å². The fraction of sp³-hybridized carbons (Fsp3) is 0.280. The molecule has 0 saturated carbocycles. The van der Waals surface area contributed by atoms with E-state index in [0.29, 0.717) is 18.5 Å². The monoisotopic (exact) mass is 481 g/mol. The van der Waals surface area contributed by atoms with Crippen LogP contribution in [0.1, 0.15) is 24.0 Å². The minimum Gasteiger partial charge on any atom is -0.353 e. The number of imide groups is 1. The molecule has 9 heteroatoms. The number of likely N-dealkylation sites (tertiary alicyclic amines) is 1. The first-order chi connectivity index (χ1) is 16.4. The van der Waals surface area contributed by atoms with Gasteiger partial charge in [0.15, 0.2) is 0 Å². The van der Waals surface area contributed by atoms with Crippen molar-refractivity contribution in [2.75, 3.05) is 19.6 Å². The molecule has 176 valence electrons. The minimum absolute atomic E-state index is 0.0296. The molecule has 1 atom stereocenters. The van der Waals surface area contributed by atoms with Crippen molar-refractivity contribution < 1.29 is 23.6 Å². The van der Waals surface area contributed by atoms with Crippen LogP contribution in [-0.4, -0.2) is 58.4 Å².